The zero-order chi connectivity index (χ0) is 22.0. The number of rotatable bonds is 5. The van der Waals surface area contributed by atoms with E-state index in [1.165, 1.54) is 23.7 Å². The van der Waals surface area contributed by atoms with E-state index in [0.717, 1.165) is 9.44 Å². The maximum Gasteiger partial charge on any atom is 0.335 e. The molecule has 0 spiro atoms. The molecule has 4 heterocycles. The van der Waals surface area contributed by atoms with Crippen LogP contribution in [0.1, 0.15) is 4.88 Å². The number of urea groups is 1. The molecular weight excluding hydrogens is 444 g/mol. The Bertz CT molecular complexity index is 1380. The predicted octanol–water partition coefficient (Wildman–Crippen LogP) is 1.94. The van der Waals surface area contributed by atoms with E-state index in [9.17, 15) is 14.4 Å². The standard InChI is InChI=1S/C18H15ClN8O3S/c1-20-12-5-3-10-15(24-12)26-18(30)27(16(10)28)14-8-21-13(7-22-14)25-17(29)23-6-9-2-4-11(19)31-9/h2-5,7-8H,6H2,1H3,(H2,20,24,26,30)(H2,21,23,25,29). The molecule has 11 nitrogen and oxygen atoms in total. The number of hydrogen-bond donors (Lipinski definition) is 4. The molecule has 0 bridgehead atoms. The molecule has 0 unspecified atom stereocenters. The fourth-order valence-electron chi connectivity index (χ4n) is 2.72. The maximum absolute atomic E-state index is 12.8. The first kappa shape index (κ1) is 20.5. The summed E-state index contributed by atoms with van der Waals surface area (Å²) in [4.78, 5) is 52.9. The maximum atomic E-state index is 12.8. The lowest BCUT2D eigenvalue weighted by Crippen LogP contribution is -2.34. The van der Waals surface area contributed by atoms with Gasteiger partial charge in [0.2, 0.25) is 0 Å². The molecule has 4 aromatic rings. The Morgan fingerprint density at radius 2 is 2.00 bits per heavy atom. The van der Waals surface area contributed by atoms with Crippen LogP contribution in [0.5, 0.6) is 0 Å². The Balaban J connectivity index is 1.52. The summed E-state index contributed by atoms with van der Waals surface area (Å²) in [5.74, 6) is 0.664. The summed E-state index contributed by atoms with van der Waals surface area (Å²) < 4.78 is 1.48. The number of carbonyl (C=O) groups excluding carboxylic acids is 1. The minimum atomic E-state index is -0.708. The molecule has 31 heavy (non-hydrogen) atoms. The van der Waals surface area contributed by atoms with Gasteiger partial charge in [-0.3, -0.25) is 15.1 Å². The van der Waals surface area contributed by atoms with E-state index in [-0.39, 0.29) is 22.7 Å². The lowest BCUT2D eigenvalue weighted by Gasteiger charge is -2.08. The summed E-state index contributed by atoms with van der Waals surface area (Å²) in [6.07, 6.45) is 2.46. The second-order valence-corrected chi connectivity index (χ2v) is 7.99. The third-order valence-electron chi connectivity index (χ3n) is 4.17. The number of halogens is 1. The number of H-pyrrole nitrogens is 1. The van der Waals surface area contributed by atoms with Crippen molar-refractivity contribution in [1.82, 2.24) is 29.8 Å². The third kappa shape index (κ3) is 4.39. The SMILES string of the molecule is CNc1ccc2c(=O)n(-c3cnc(NC(=O)NCc4ccc(Cl)s4)cn3)c(=O)[nH]c2n1. The molecule has 0 aromatic carbocycles. The summed E-state index contributed by atoms with van der Waals surface area (Å²) >= 11 is 7.22. The number of aromatic amines is 1. The normalized spacial score (nSPS) is 10.8. The molecule has 0 fully saturated rings. The van der Waals surface area contributed by atoms with Gasteiger partial charge in [-0.15, -0.1) is 11.3 Å². The Morgan fingerprint density at radius 3 is 2.68 bits per heavy atom. The highest BCUT2D eigenvalue weighted by Crippen LogP contribution is 2.21. The predicted molar refractivity (Wildman–Crippen MR) is 118 cm³/mol. The molecular formula is C18H15ClN8O3S. The van der Waals surface area contributed by atoms with Gasteiger partial charge < -0.3 is 10.6 Å². The fraction of sp³-hybridized carbons (Fsp3) is 0.111. The summed E-state index contributed by atoms with van der Waals surface area (Å²) in [6.45, 7) is 0.305. The van der Waals surface area contributed by atoms with Crippen molar-refractivity contribution in [2.45, 2.75) is 6.54 Å². The Labute approximate surface area is 183 Å². The Kier molecular flexibility index (Phi) is 5.64. The molecule has 0 aliphatic carbocycles. The second kappa shape index (κ2) is 8.53. The van der Waals surface area contributed by atoms with Gasteiger partial charge in [-0.05, 0) is 24.3 Å². The third-order valence-corrected chi connectivity index (χ3v) is 5.41. The van der Waals surface area contributed by atoms with Gasteiger partial charge in [0, 0.05) is 11.9 Å². The van der Waals surface area contributed by atoms with E-state index in [4.69, 9.17) is 11.6 Å². The van der Waals surface area contributed by atoms with E-state index in [0.29, 0.717) is 16.7 Å². The van der Waals surface area contributed by atoms with Gasteiger partial charge in [0.05, 0.1) is 28.7 Å². The molecule has 4 N–H and O–H groups in total. The van der Waals surface area contributed by atoms with Gasteiger partial charge in [0.25, 0.3) is 5.56 Å². The van der Waals surface area contributed by atoms with Crippen LogP contribution in [-0.4, -0.2) is 37.6 Å². The van der Waals surface area contributed by atoms with Crippen molar-refractivity contribution in [1.29, 1.82) is 0 Å². The average Bonchev–Trinajstić information content (AvgIpc) is 3.18. The molecule has 158 valence electrons. The lowest BCUT2D eigenvalue weighted by atomic mass is 10.3. The van der Waals surface area contributed by atoms with E-state index in [1.54, 1.807) is 25.2 Å². The van der Waals surface area contributed by atoms with Gasteiger partial charge in [0.1, 0.15) is 11.5 Å². The molecule has 4 rings (SSSR count). The second-order valence-electron chi connectivity index (χ2n) is 6.19. The van der Waals surface area contributed by atoms with Crippen LogP contribution in [0.3, 0.4) is 0 Å². The van der Waals surface area contributed by atoms with Crippen LogP contribution in [0, 0.1) is 0 Å². The largest absolute Gasteiger partial charge is 0.373 e. The van der Waals surface area contributed by atoms with Crippen LogP contribution < -0.4 is 27.2 Å². The van der Waals surface area contributed by atoms with Gasteiger partial charge in [-0.1, -0.05) is 11.6 Å². The molecule has 0 saturated heterocycles. The summed E-state index contributed by atoms with van der Waals surface area (Å²) in [5.41, 5.74) is -1.13. The molecule has 0 saturated carbocycles. The van der Waals surface area contributed by atoms with Crippen molar-refractivity contribution in [2.75, 3.05) is 17.7 Å². The molecule has 0 radical (unpaired) electrons. The molecule has 2 amide bonds. The number of pyridine rings is 1. The topological polar surface area (TPSA) is 147 Å². The molecule has 13 heteroatoms. The Morgan fingerprint density at radius 1 is 1.16 bits per heavy atom. The minimum absolute atomic E-state index is 0.00466. The van der Waals surface area contributed by atoms with E-state index in [1.807, 2.05) is 6.07 Å². The minimum Gasteiger partial charge on any atom is -0.373 e. The number of anilines is 2. The lowest BCUT2D eigenvalue weighted by molar-refractivity contribution is 0.251. The van der Waals surface area contributed by atoms with Crippen LogP contribution in [0.2, 0.25) is 4.34 Å². The first-order valence-electron chi connectivity index (χ1n) is 8.90. The van der Waals surface area contributed by atoms with E-state index in [2.05, 4.69) is 35.9 Å². The molecule has 4 aromatic heterocycles. The van der Waals surface area contributed by atoms with Gasteiger partial charge >= 0.3 is 11.7 Å². The number of thiophene rings is 1. The van der Waals surface area contributed by atoms with Crippen molar-refractivity contribution in [2.24, 2.45) is 0 Å². The van der Waals surface area contributed by atoms with Crippen molar-refractivity contribution >= 4 is 51.6 Å². The number of amides is 2. The Hall–Kier alpha value is -3.77. The van der Waals surface area contributed by atoms with Crippen LogP contribution in [0.4, 0.5) is 16.4 Å². The number of fused-ring (bicyclic) bond motifs is 1. The first-order valence-corrected chi connectivity index (χ1v) is 10.1. The zero-order valence-corrected chi connectivity index (χ0v) is 17.5. The quantitative estimate of drug-likeness (QED) is 0.357. The van der Waals surface area contributed by atoms with Gasteiger partial charge in [0.15, 0.2) is 11.6 Å². The number of hydrogen-bond acceptors (Lipinski definition) is 8. The summed E-state index contributed by atoms with van der Waals surface area (Å²) in [7, 11) is 1.68. The van der Waals surface area contributed by atoms with Gasteiger partial charge in [-0.2, -0.15) is 0 Å². The van der Waals surface area contributed by atoms with E-state index >= 15 is 0 Å². The number of carbonyl (C=O) groups is 1. The summed E-state index contributed by atoms with van der Waals surface area (Å²) in [6, 6.07) is 6.25. The first-order chi connectivity index (χ1) is 14.9. The highest BCUT2D eigenvalue weighted by Gasteiger charge is 2.13. The van der Waals surface area contributed by atoms with Crippen molar-refractivity contribution < 1.29 is 4.79 Å². The van der Waals surface area contributed by atoms with Crippen LogP contribution >= 0.6 is 22.9 Å². The van der Waals surface area contributed by atoms with Crippen molar-refractivity contribution in [3.63, 3.8) is 0 Å². The zero-order valence-electron chi connectivity index (χ0n) is 16.0. The monoisotopic (exact) mass is 458 g/mol. The van der Waals surface area contributed by atoms with Gasteiger partial charge in [-0.25, -0.2) is 29.1 Å². The van der Waals surface area contributed by atoms with Crippen LogP contribution in [-0.2, 0) is 6.54 Å². The van der Waals surface area contributed by atoms with Crippen molar-refractivity contribution in [3.8, 4) is 5.82 Å². The highest BCUT2D eigenvalue weighted by atomic mass is 35.5. The van der Waals surface area contributed by atoms with Crippen LogP contribution in [0.25, 0.3) is 16.9 Å². The number of nitrogens with zero attached hydrogens (tertiary/aromatic N) is 4. The molecule has 0 aliphatic heterocycles. The van der Waals surface area contributed by atoms with E-state index < -0.39 is 17.3 Å². The van der Waals surface area contributed by atoms with Crippen molar-refractivity contribution in [3.05, 3.63) is 66.7 Å². The average molecular weight is 459 g/mol. The molecule has 0 aliphatic rings. The van der Waals surface area contributed by atoms with Crippen LogP contribution in [0.15, 0.2) is 46.2 Å². The number of aromatic nitrogens is 5. The molecule has 0 atom stereocenters. The number of nitrogens with one attached hydrogen (secondary N) is 4. The highest BCUT2D eigenvalue weighted by molar-refractivity contribution is 7.16. The smallest absolute Gasteiger partial charge is 0.335 e. The summed E-state index contributed by atoms with van der Waals surface area (Å²) in [5, 5.41) is 8.25. The fourth-order valence-corrected chi connectivity index (χ4v) is 3.75.